The van der Waals surface area contributed by atoms with Gasteiger partial charge < -0.3 is 20.1 Å². The molecule has 1 aromatic carbocycles. The molecule has 2 aliphatic rings. The minimum absolute atomic E-state index is 0.0101. The van der Waals surface area contributed by atoms with Gasteiger partial charge in [-0.1, -0.05) is 25.3 Å². The summed E-state index contributed by atoms with van der Waals surface area (Å²) in [6.45, 7) is 3.31. The molecule has 3 rings (SSSR count). The van der Waals surface area contributed by atoms with Gasteiger partial charge in [0.15, 0.2) is 0 Å². The highest BCUT2D eigenvalue weighted by Crippen LogP contribution is 2.32. The van der Waals surface area contributed by atoms with Gasteiger partial charge >= 0.3 is 0 Å². The largest absolute Gasteiger partial charge is 0.389 e. The number of methoxy groups -OCH3 is 1. The van der Waals surface area contributed by atoms with Crippen LogP contribution in [0.3, 0.4) is 0 Å². The molecule has 1 atom stereocenters. The smallest absolute Gasteiger partial charge is 0.237 e. The Morgan fingerprint density at radius 3 is 2.81 bits per heavy atom. The van der Waals surface area contributed by atoms with Crippen molar-refractivity contribution in [2.24, 2.45) is 0 Å². The molecule has 1 aliphatic carbocycles. The number of amides is 1. The molecule has 2 N–H and O–H groups in total. The van der Waals surface area contributed by atoms with Crippen LogP contribution in [0.25, 0.3) is 0 Å². The maximum atomic E-state index is 13.9. The van der Waals surface area contributed by atoms with E-state index in [9.17, 15) is 14.3 Å². The number of carbonyl (C=O) groups is 1. The van der Waals surface area contributed by atoms with E-state index in [1.54, 1.807) is 20.1 Å². The number of nitrogens with one attached hydrogen (secondary N) is 1. The summed E-state index contributed by atoms with van der Waals surface area (Å²) in [5.74, 6) is -0.212. The summed E-state index contributed by atoms with van der Waals surface area (Å²) in [6, 6.07) is 3.22. The molecule has 27 heavy (non-hydrogen) atoms. The molecular formula is C21H31FN2O3. The first-order chi connectivity index (χ1) is 12.9. The summed E-state index contributed by atoms with van der Waals surface area (Å²) in [4.78, 5) is 14.7. The lowest BCUT2D eigenvalue weighted by atomic mass is 9.85. The third-order valence-corrected chi connectivity index (χ3v) is 5.94. The Labute approximate surface area is 160 Å². The molecule has 5 nitrogen and oxygen atoms in total. The topological polar surface area (TPSA) is 61.8 Å². The molecule has 1 heterocycles. The van der Waals surface area contributed by atoms with Gasteiger partial charge in [0.1, 0.15) is 5.82 Å². The van der Waals surface area contributed by atoms with E-state index in [0.29, 0.717) is 31.7 Å². The Hall–Kier alpha value is -1.50. The van der Waals surface area contributed by atoms with E-state index in [1.165, 1.54) is 6.42 Å². The molecule has 150 valence electrons. The number of halogens is 1. The van der Waals surface area contributed by atoms with Crippen molar-refractivity contribution in [3.63, 3.8) is 0 Å². The van der Waals surface area contributed by atoms with Gasteiger partial charge in [-0.15, -0.1) is 0 Å². The van der Waals surface area contributed by atoms with Gasteiger partial charge in [-0.3, -0.25) is 4.79 Å². The summed E-state index contributed by atoms with van der Waals surface area (Å²) < 4.78 is 19.3. The van der Waals surface area contributed by atoms with Gasteiger partial charge in [0.05, 0.1) is 24.8 Å². The van der Waals surface area contributed by atoms with E-state index >= 15 is 0 Å². The quantitative estimate of drug-likeness (QED) is 0.798. The van der Waals surface area contributed by atoms with Gasteiger partial charge in [-0.25, -0.2) is 4.39 Å². The molecule has 1 amide bonds. The molecule has 0 radical (unpaired) electrons. The fourth-order valence-corrected chi connectivity index (χ4v) is 4.36. The van der Waals surface area contributed by atoms with Crippen LogP contribution in [-0.4, -0.2) is 54.9 Å². The standard InChI is InChI=1S/C21H31FN2O3/c1-15-10-17-16(11-18(15)22)6-9-24(19(17)13-27-2)20(25)12-23-14-21(26)7-4-3-5-8-21/h10-11,19,23,26H,3-9,12-14H2,1-2H3. The van der Waals surface area contributed by atoms with E-state index in [-0.39, 0.29) is 24.3 Å². The summed E-state index contributed by atoms with van der Waals surface area (Å²) in [6.07, 6.45) is 5.49. The van der Waals surface area contributed by atoms with E-state index in [4.69, 9.17) is 4.74 Å². The Bertz CT molecular complexity index is 674. The molecule has 0 spiro atoms. The van der Waals surface area contributed by atoms with E-state index in [1.807, 2.05) is 11.0 Å². The number of carbonyl (C=O) groups excluding carboxylic acids is 1. The van der Waals surface area contributed by atoms with Crippen LogP contribution < -0.4 is 5.32 Å². The average molecular weight is 378 g/mol. The van der Waals surface area contributed by atoms with Crippen molar-refractivity contribution >= 4 is 5.91 Å². The molecule has 0 saturated heterocycles. The van der Waals surface area contributed by atoms with E-state index in [0.717, 1.165) is 36.8 Å². The Morgan fingerprint density at radius 2 is 2.11 bits per heavy atom. The van der Waals surface area contributed by atoms with Crippen LogP contribution in [0, 0.1) is 12.7 Å². The number of fused-ring (bicyclic) bond motifs is 1. The second kappa shape index (κ2) is 8.67. The first-order valence-electron chi connectivity index (χ1n) is 9.94. The molecule has 1 fully saturated rings. The fraction of sp³-hybridized carbons (Fsp3) is 0.667. The SMILES string of the molecule is COCC1c2cc(C)c(F)cc2CCN1C(=O)CNCC1(O)CCCCC1. The Balaban J connectivity index is 1.65. The first-order valence-corrected chi connectivity index (χ1v) is 9.94. The van der Waals surface area contributed by atoms with Crippen LogP contribution in [-0.2, 0) is 16.0 Å². The summed E-state index contributed by atoms with van der Waals surface area (Å²) in [5.41, 5.74) is 1.82. The zero-order valence-electron chi connectivity index (χ0n) is 16.4. The van der Waals surface area contributed by atoms with Crippen LogP contribution in [0.2, 0.25) is 0 Å². The van der Waals surface area contributed by atoms with Crippen molar-refractivity contribution in [3.8, 4) is 0 Å². The lowest BCUT2D eigenvalue weighted by Gasteiger charge is -2.38. The number of aliphatic hydroxyl groups is 1. The zero-order valence-corrected chi connectivity index (χ0v) is 16.4. The number of ether oxygens (including phenoxy) is 1. The van der Waals surface area contributed by atoms with Crippen LogP contribution in [0.5, 0.6) is 0 Å². The van der Waals surface area contributed by atoms with Gasteiger partial charge in [0.25, 0.3) is 0 Å². The van der Waals surface area contributed by atoms with Crippen LogP contribution in [0.1, 0.15) is 54.8 Å². The lowest BCUT2D eigenvalue weighted by Crippen LogP contribution is -2.48. The van der Waals surface area contributed by atoms with Gasteiger partial charge in [-0.05, 0) is 48.9 Å². The fourth-order valence-electron chi connectivity index (χ4n) is 4.36. The lowest BCUT2D eigenvalue weighted by molar-refractivity contribution is -0.134. The van der Waals surface area contributed by atoms with Crippen LogP contribution in [0.4, 0.5) is 4.39 Å². The zero-order chi connectivity index (χ0) is 19.4. The normalized spacial score (nSPS) is 21.8. The minimum Gasteiger partial charge on any atom is -0.389 e. The number of nitrogens with zero attached hydrogens (tertiary/aromatic N) is 1. The average Bonchev–Trinajstić information content (AvgIpc) is 2.64. The molecule has 1 unspecified atom stereocenters. The molecule has 6 heteroatoms. The number of benzene rings is 1. The molecule has 0 bridgehead atoms. The van der Waals surface area contributed by atoms with Gasteiger partial charge in [0, 0.05) is 20.2 Å². The van der Waals surface area contributed by atoms with Crippen LogP contribution in [0.15, 0.2) is 12.1 Å². The highest BCUT2D eigenvalue weighted by atomic mass is 19.1. The second-order valence-corrected chi connectivity index (χ2v) is 8.00. The third-order valence-electron chi connectivity index (χ3n) is 5.94. The molecule has 0 aromatic heterocycles. The molecule has 1 saturated carbocycles. The summed E-state index contributed by atoms with van der Waals surface area (Å²) >= 11 is 0. The van der Waals surface area contributed by atoms with Crippen molar-refractivity contribution in [2.45, 2.75) is 57.1 Å². The molecule has 1 aliphatic heterocycles. The van der Waals surface area contributed by atoms with Gasteiger partial charge in [-0.2, -0.15) is 0 Å². The highest BCUT2D eigenvalue weighted by molar-refractivity contribution is 5.79. The Morgan fingerprint density at radius 1 is 1.37 bits per heavy atom. The Kier molecular flexibility index (Phi) is 6.50. The predicted molar refractivity (Wildman–Crippen MR) is 102 cm³/mol. The van der Waals surface area contributed by atoms with Crippen molar-refractivity contribution in [2.75, 3.05) is 33.4 Å². The van der Waals surface area contributed by atoms with Crippen molar-refractivity contribution in [3.05, 3.63) is 34.6 Å². The van der Waals surface area contributed by atoms with E-state index in [2.05, 4.69) is 5.32 Å². The molecular weight excluding hydrogens is 347 g/mol. The van der Waals surface area contributed by atoms with E-state index < -0.39 is 5.60 Å². The van der Waals surface area contributed by atoms with Crippen molar-refractivity contribution in [1.82, 2.24) is 10.2 Å². The highest BCUT2D eigenvalue weighted by Gasteiger charge is 2.32. The first kappa shape index (κ1) is 20.2. The minimum atomic E-state index is -0.687. The van der Waals surface area contributed by atoms with Crippen molar-refractivity contribution < 1.29 is 19.0 Å². The molecule has 1 aromatic rings. The van der Waals surface area contributed by atoms with Crippen LogP contribution >= 0.6 is 0 Å². The van der Waals surface area contributed by atoms with Gasteiger partial charge in [0.2, 0.25) is 5.91 Å². The number of hydrogen-bond acceptors (Lipinski definition) is 4. The maximum Gasteiger partial charge on any atom is 0.237 e. The third kappa shape index (κ3) is 4.68. The van der Waals surface area contributed by atoms with Crippen molar-refractivity contribution in [1.29, 1.82) is 0 Å². The maximum absolute atomic E-state index is 13.9. The monoisotopic (exact) mass is 378 g/mol. The predicted octanol–water partition coefficient (Wildman–Crippen LogP) is 2.49. The second-order valence-electron chi connectivity index (χ2n) is 8.00. The number of aryl methyl sites for hydroxylation is 1. The number of rotatable bonds is 6. The number of hydrogen-bond donors (Lipinski definition) is 2. The summed E-state index contributed by atoms with van der Waals surface area (Å²) in [5, 5.41) is 13.7. The summed E-state index contributed by atoms with van der Waals surface area (Å²) in [7, 11) is 1.62.